The Morgan fingerprint density at radius 3 is 2.47 bits per heavy atom. The van der Waals surface area contributed by atoms with Gasteiger partial charge < -0.3 is 0 Å². The third kappa shape index (κ3) is 3.55. The molecule has 0 heterocycles. The Hall–Kier alpha value is -1.38. The molecular formula is C12H16N2O2S. The molecule has 4 nitrogen and oxygen atoms in total. The summed E-state index contributed by atoms with van der Waals surface area (Å²) in [5.41, 5.74) is 0.956. The third-order valence-corrected chi connectivity index (χ3v) is 3.90. The first kappa shape index (κ1) is 13.7. The highest BCUT2D eigenvalue weighted by molar-refractivity contribution is 7.89. The van der Waals surface area contributed by atoms with E-state index in [1.165, 1.54) is 13.0 Å². The van der Waals surface area contributed by atoms with Gasteiger partial charge in [-0.05, 0) is 30.5 Å². The first-order chi connectivity index (χ1) is 7.86. The van der Waals surface area contributed by atoms with Gasteiger partial charge in [-0.1, -0.05) is 26.0 Å². The molecule has 0 amide bonds. The number of benzene rings is 1. The Balaban J connectivity index is 3.08. The molecule has 0 saturated carbocycles. The highest BCUT2D eigenvalue weighted by Gasteiger charge is 2.17. The minimum Gasteiger partial charge on any atom is -0.207 e. The number of sulfonamides is 1. The van der Waals surface area contributed by atoms with Crippen molar-refractivity contribution in [3.05, 3.63) is 29.8 Å². The van der Waals surface area contributed by atoms with E-state index in [2.05, 4.69) is 4.72 Å². The molecule has 1 aromatic carbocycles. The minimum atomic E-state index is -3.60. The topological polar surface area (TPSA) is 70.0 Å². The lowest BCUT2D eigenvalue weighted by Crippen LogP contribution is -2.31. The summed E-state index contributed by atoms with van der Waals surface area (Å²) in [5.74, 6) is 0.263. The molecule has 0 aromatic heterocycles. The fraction of sp³-hybridized carbons (Fsp3) is 0.417. The molecule has 0 aliphatic heterocycles. The number of rotatable bonds is 4. The molecule has 1 N–H and O–H groups in total. The quantitative estimate of drug-likeness (QED) is 0.891. The van der Waals surface area contributed by atoms with Crippen LogP contribution in [0.4, 0.5) is 0 Å². The van der Waals surface area contributed by atoms with Crippen molar-refractivity contribution in [1.29, 1.82) is 5.26 Å². The fourth-order valence-electron chi connectivity index (χ4n) is 1.37. The van der Waals surface area contributed by atoms with E-state index < -0.39 is 16.1 Å². The Morgan fingerprint density at radius 2 is 1.94 bits per heavy atom. The van der Waals surface area contributed by atoms with Gasteiger partial charge in [0.2, 0.25) is 10.0 Å². The van der Waals surface area contributed by atoms with Crippen LogP contribution in [0.5, 0.6) is 0 Å². The SMILES string of the molecule is CC(C)c1cccc(S(=O)(=O)N[C@@H](C)C#N)c1. The Morgan fingerprint density at radius 1 is 1.29 bits per heavy atom. The molecular weight excluding hydrogens is 236 g/mol. The van der Waals surface area contributed by atoms with Crippen LogP contribution in [0, 0.1) is 11.3 Å². The van der Waals surface area contributed by atoms with Gasteiger partial charge in [-0.25, -0.2) is 8.42 Å². The summed E-state index contributed by atoms with van der Waals surface area (Å²) in [5, 5.41) is 8.61. The number of hydrogen-bond acceptors (Lipinski definition) is 3. The van der Waals surface area contributed by atoms with Crippen LogP contribution >= 0.6 is 0 Å². The zero-order valence-corrected chi connectivity index (χ0v) is 11.0. The van der Waals surface area contributed by atoms with Gasteiger partial charge >= 0.3 is 0 Å². The lowest BCUT2D eigenvalue weighted by molar-refractivity contribution is 0.577. The summed E-state index contributed by atoms with van der Waals surface area (Å²) in [7, 11) is -3.60. The summed E-state index contributed by atoms with van der Waals surface area (Å²) in [4.78, 5) is 0.200. The molecule has 17 heavy (non-hydrogen) atoms. The number of hydrogen-bond donors (Lipinski definition) is 1. The van der Waals surface area contributed by atoms with Crippen molar-refractivity contribution in [2.24, 2.45) is 0 Å². The van der Waals surface area contributed by atoms with Crippen molar-refractivity contribution >= 4 is 10.0 Å². The predicted molar refractivity (Wildman–Crippen MR) is 65.9 cm³/mol. The van der Waals surface area contributed by atoms with E-state index in [1.807, 2.05) is 26.0 Å². The monoisotopic (exact) mass is 252 g/mol. The number of nitrogens with one attached hydrogen (secondary N) is 1. The summed E-state index contributed by atoms with van der Waals surface area (Å²) < 4.78 is 26.1. The van der Waals surface area contributed by atoms with Gasteiger partial charge in [0.15, 0.2) is 0 Å². The van der Waals surface area contributed by atoms with Crippen molar-refractivity contribution < 1.29 is 8.42 Å². The van der Waals surface area contributed by atoms with Crippen molar-refractivity contribution in [1.82, 2.24) is 4.72 Å². The Kier molecular flexibility index (Phi) is 4.27. The number of nitrogens with zero attached hydrogens (tertiary/aromatic N) is 1. The highest BCUT2D eigenvalue weighted by atomic mass is 32.2. The first-order valence-corrected chi connectivity index (χ1v) is 6.87. The second kappa shape index (κ2) is 5.30. The van der Waals surface area contributed by atoms with Crippen LogP contribution < -0.4 is 4.72 Å². The first-order valence-electron chi connectivity index (χ1n) is 5.38. The van der Waals surface area contributed by atoms with Gasteiger partial charge in [0.25, 0.3) is 0 Å². The minimum absolute atomic E-state index is 0.200. The molecule has 0 spiro atoms. The third-order valence-electron chi connectivity index (χ3n) is 2.36. The summed E-state index contributed by atoms with van der Waals surface area (Å²) >= 11 is 0. The zero-order chi connectivity index (χ0) is 13.1. The largest absolute Gasteiger partial charge is 0.241 e. The lowest BCUT2D eigenvalue weighted by atomic mass is 10.0. The van der Waals surface area contributed by atoms with Crippen LogP contribution in [-0.4, -0.2) is 14.5 Å². The average molecular weight is 252 g/mol. The van der Waals surface area contributed by atoms with Crippen molar-refractivity contribution in [2.45, 2.75) is 37.6 Å². The second-order valence-electron chi connectivity index (χ2n) is 4.20. The highest BCUT2D eigenvalue weighted by Crippen LogP contribution is 2.18. The molecule has 0 fully saturated rings. The van der Waals surface area contributed by atoms with Crippen molar-refractivity contribution in [2.75, 3.05) is 0 Å². The fourth-order valence-corrected chi connectivity index (χ4v) is 2.57. The van der Waals surface area contributed by atoms with Crippen molar-refractivity contribution in [3.8, 4) is 6.07 Å². The van der Waals surface area contributed by atoms with Gasteiger partial charge in [0, 0.05) is 0 Å². The molecule has 5 heteroatoms. The molecule has 0 aliphatic rings. The molecule has 0 unspecified atom stereocenters. The smallest absolute Gasteiger partial charge is 0.207 e. The van der Waals surface area contributed by atoms with E-state index in [0.717, 1.165) is 5.56 Å². The van der Waals surface area contributed by atoms with Crippen LogP contribution in [0.2, 0.25) is 0 Å². The maximum atomic E-state index is 11.9. The van der Waals surface area contributed by atoms with E-state index in [9.17, 15) is 8.42 Å². The molecule has 1 rings (SSSR count). The Labute approximate surface area is 102 Å². The number of nitriles is 1. The van der Waals surface area contributed by atoms with Gasteiger partial charge in [-0.15, -0.1) is 0 Å². The van der Waals surface area contributed by atoms with Gasteiger partial charge in [0.1, 0.15) is 6.04 Å². The molecule has 1 aromatic rings. The molecule has 1 atom stereocenters. The zero-order valence-electron chi connectivity index (χ0n) is 10.1. The summed E-state index contributed by atoms with van der Waals surface area (Å²) in [6, 6.07) is 7.86. The van der Waals surface area contributed by atoms with Gasteiger partial charge in [-0.2, -0.15) is 9.98 Å². The molecule has 0 radical (unpaired) electrons. The molecule has 0 bridgehead atoms. The van der Waals surface area contributed by atoms with E-state index in [0.29, 0.717) is 0 Å². The Bertz CT molecular complexity index is 530. The van der Waals surface area contributed by atoms with Gasteiger partial charge in [-0.3, -0.25) is 0 Å². The van der Waals surface area contributed by atoms with Gasteiger partial charge in [0.05, 0.1) is 11.0 Å². The normalized spacial score (nSPS) is 13.4. The van der Waals surface area contributed by atoms with Crippen LogP contribution in [0.15, 0.2) is 29.2 Å². The molecule has 0 aliphatic carbocycles. The van der Waals surface area contributed by atoms with Crippen LogP contribution in [-0.2, 0) is 10.0 Å². The van der Waals surface area contributed by atoms with Crippen LogP contribution in [0.3, 0.4) is 0 Å². The maximum Gasteiger partial charge on any atom is 0.241 e. The summed E-state index contributed by atoms with van der Waals surface area (Å²) in [6.07, 6.45) is 0. The van der Waals surface area contributed by atoms with E-state index in [1.54, 1.807) is 12.1 Å². The van der Waals surface area contributed by atoms with E-state index in [4.69, 9.17) is 5.26 Å². The molecule has 0 saturated heterocycles. The van der Waals surface area contributed by atoms with Crippen molar-refractivity contribution in [3.63, 3.8) is 0 Å². The standard InChI is InChI=1S/C12H16N2O2S/c1-9(2)11-5-4-6-12(7-11)17(15,16)14-10(3)8-13/h4-7,9-10,14H,1-3H3/t10-/m0/s1. The maximum absolute atomic E-state index is 11.9. The summed E-state index contributed by atoms with van der Waals surface area (Å²) in [6.45, 7) is 5.50. The average Bonchev–Trinajstić information content (AvgIpc) is 2.28. The van der Waals surface area contributed by atoms with Crippen LogP contribution in [0.25, 0.3) is 0 Å². The van der Waals surface area contributed by atoms with E-state index >= 15 is 0 Å². The second-order valence-corrected chi connectivity index (χ2v) is 5.91. The lowest BCUT2D eigenvalue weighted by Gasteiger charge is -2.10. The van der Waals surface area contributed by atoms with E-state index in [-0.39, 0.29) is 10.8 Å². The molecule has 92 valence electrons. The van der Waals surface area contributed by atoms with Crippen LogP contribution in [0.1, 0.15) is 32.3 Å². The predicted octanol–water partition coefficient (Wildman–Crippen LogP) is 2.00.